The molecule has 1 saturated heterocycles. The average molecular weight is 655 g/mol. The summed E-state index contributed by atoms with van der Waals surface area (Å²) in [4.78, 5) is 46.2. The van der Waals surface area contributed by atoms with Crippen LogP contribution in [0.15, 0.2) is 48.9 Å². The van der Waals surface area contributed by atoms with Crippen molar-refractivity contribution in [2.75, 3.05) is 50.6 Å². The highest BCUT2D eigenvalue weighted by Crippen LogP contribution is 2.39. The minimum Gasteiger partial charge on any atom is -0.496 e. The lowest BCUT2D eigenvalue weighted by molar-refractivity contribution is -0.124. The van der Waals surface area contributed by atoms with Gasteiger partial charge in [0.2, 0.25) is 11.9 Å². The van der Waals surface area contributed by atoms with Crippen LogP contribution in [-0.4, -0.2) is 78.8 Å². The Morgan fingerprint density at radius 2 is 1.60 bits per heavy atom. The van der Waals surface area contributed by atoms with E-state index in [1.807, 2.05) is 48.4 Å². The van der Waals surface area contributed by atoms with Crippen molar-refractivity contribution in [1.82, 2.24) is 19.9 Å². The molecule has 0 spiro atoms. The molecule has 6 rings (SSSR count). The maximum absolute atomic E-state index is 14.4. The van der Waals surface area contributed by atoms with Crippen LogP contribution in [0.25, 0.3) is 11.1 Å². The second-order valence-corrected chi connectivity index (χ2v) is 14.3. The van der Waals surface area contributed by atoms with Crippen molar-refractivity contribution in [3.8, 4) is 16.9 Å². The van der Waals surface area contributed by atoms with Crippen LogP contribution < -0.4 is 14.5 Å². The Hall–Kier alpha value is -4.21. The highest BCUT2D eigenvalue weighted by Gasteiger charge is 2.36. The van der Waals surface area contributed by atoms with E-state index in [0.29, 0.717) is 61.7 Å². The Balaban J connectivity index is 1.15. The van der Waals surface area contributed by atoms with Crippen LogP contribution in [0.4, 0.5) is 16.6 Å². The number of hydrogen-bond donors (Lipinski definition) is 0. The molecule has 2 aromatic heterocycles. The Labute approximate surface area is 284 Å². The molecule has 3 aliphatic rings. The predicted octanol–water partition coefficient (Wildman–Crippen LogP) is 6.88. The number of benzene rings is 1. The van der Waals surface area contributed by atoms with Crippen LogP contribution in [-0.2, 0) is 9.53 Å². The Morgan fingerprint density at radius 3 is 2.23 bits per heavy atom. The van der Waals surface area contributed by atoms with Gasteiger partial charge in [-0.2, -0.15) is 0 Å². The van der Waals surface area contributed by atoms with Gasteiger partial charge in [-0.15, -0.1) is 0 Å². The highest BCUT2D eigenvalue weighted by molar-refractivity contribution is 5.94. The van der Waals surface area contributed by atoms with E-state index in [4.69, 9.17) is 14.5 Å². The van der Waals surface area contributed by atoms with Crippen molar-refractivity contribution in [1.29, 1.82) is 0 Å². The van der Waals surface area contributed by atoms with Crippen LogP contribution in [0, 0.1) is 24.7 Å². The Morgan fingerprint density at radius 1 is 0.896 bits per heavy atom. The van der Waals surface area contributed by atoms with Gasteiger partial charge in [0, 0.05) is 63.8 Å². The zero-order valence-electron chi connectivity index (χ0n) is 29.1. The fraction of sp³-hybridized carbons (Fsp3) is 0.553. The average Bonchev–Trinajstić information content (AvgIpc) is 3.09. The minimum atomic E-state index is -0.214. The zero-order valence-corrected chi connectivity index (χ0v) is 29.1. The zero-order chi connectivity index (χ0) is 33.8. The molecule has 256 valence electrons. The van der Waals surface area contributed by atoms with E-state index < -0.39 is 0 Å². The van der Waals surface area contributed by atoms with E-state index in [1.54, 1.807) is 18.2 Å². The molecule has 1 aliphatic heterocycles. The summed E-state index contributed by atoms with van der Waals surface area (Å²) >= 11 is 0. The van der Waals surface area contributed by atoms with E-state index in [1.165, 1.54) is 11.1 Å². The SMILES string of the molecule is COc1ccc(C2CCC(CN(C(=O)C3CCC(OC(=O)N4CC(C)C4)CC3)c3cc(-c4cnc(N(C)C)nc4)ccn3)CC2)cc1C. The normalized spacial score (nSPS) is 22.8. The fourth-order valence-corrected chi connectivity index (χ4v) is 7.55. The third-order valence-corrected chi connectivity index (χ3v) is 10.5. The van der Waals surface area contributed by atoms with Gasteiger partial charge in [-0.3, -0.25) is 9.69 Å². The first kappa shape index (κ1) is 33.7. The monoisotopic (exact) mass is 654 g/mol. The largest absolute Gasteiger partial charge is 0.496 e. The van der Waals surface area contributed by atoms with Crippen molar-refractivity contribution in [2.45, 2.75) is 77.2 Å². The smallest absolute Gasteiger partial charge is 0.410 e. The molecule has 10 heteroatoms. The van der Waals surface area contributed by atoms with Crippen molar-refractivity contribution in [3.63, 3.8) is 0 Å². The molecule has 0 unspecified atom stereocenters. The number of pyridine rings is 1. The summed E-state index contributed by atoms with van der Waals surface area (Å²) in [6.07, 6.45) is 12.2. The van der Waals surface area contributed by atoms with Crippen molar-refractivity contribution in [2.24, 2.45) is 17.8 Å². The van der Waals surface area contributed by atoms with Crippen LogP contribution in [0.1, 0.15) is 75.3 Å². The number of amides is 2. The van der Waals surface area contributed by atoms with Gasteiger partial charge < -0.3 is 19.3 Å². The van der Waals surface area contributed by atoms with Crippen molar-refractivity contribution in [3.05, 3.63) is 60.0 Å². The molecule has 3 aromatic rings. The molecule has 1 aromatic carbocycles. The van der Waals surface area contributed by atoms with E-state index in [9.17, 15) is 9.59 Å². The summed E-state index contributed by atoms with van der Waals surface area (Å²) in [5.41, 5.74) is 4.35. The number of rotatable bonds is 9. The summed E-state index contributed by atoms with van der Waals surface area (Å²) < 4.78 is 11.3. The van der Waals surface area contributed by atoms with Gasteiger partial charge in [0.05, 0.1) is 7.11 Å². The third kappa shape index (κ3) is 7.74. The lowest BCUT2D eigenvalue weighted by Gasteiger charge is -2.38. The molecule has 2 aliphatic carbocycles. The van der Waals surface area contributed by atoms with Gasteiger partial charge in [0.15, 0.2) is 0 Å². The molecular formula is C38H50N6O4. The summed E-state index contributed by atoms with van der Waals surface area (Å²) in [7, 11) is 5.55. The topological polar surface area (TPSA) is 101 Å². The maximum Gasteiger partial charge on any atom is 0.410 e. The number of aryl methyl sites for hydroxylation is 1. The summed E-state index contributed by atoms with van der Waals surface area (Å²) in [6.45, 7) is 6.41. The number of likely N-dealkylation sites (tertiary alicyclic amines) is 1. The molecule has 2 saturated carbocycles. The standard InChI is InChI=1S/C38H50N6O4/c1-25-22-43(23-25)38(46)48-33-13-10-29(11-14-33)36(45)44(35-19-31(16-17-39-35)32-20-40-37(41-21-32)42(3)4)24-27-6-8-28(9-7-27)30-12-15-34(47-5)26(2)18-30/h12,15-21,25,27-29,33H,6-11,13-14,22-24H2,1-5H3. The Kier molecular flexibility index (Phi) is 10.5. The van der Waals surface area contributed by atoms with Crippen LogP contribution in [0.2, 0.25) is 0 Å². The Bertz CT molecular complexity index is 1560. The quantitative estimate of drug-likeness (QED) is 0.246. The third-order valence-electron chi connectivity index (χ3n) is 10.5. The van der Waals surface area contributed by atoms with Crippen molar-refractivity contribution < 1.29 is 19.1 Å². The molecule has 48 heavy (non-hydrogen) atoms. The van der Waals surface area contributed by atoms with Crippen LogP contribution in [0.3, 0.4) is 0 Å². The number of methoxy groups -OCH3 is 1. The van der Waals surface area contributed by atoms with E-state index >= 15 is 0 Å². The number of anilines is 2. The van der Waals surface area contributed by atoms with Gasteiger partial charge in [-0.25, -0.2) is 19.7 Å². The van der Waals surface area contributed by atoms with Gasteiger partial charge >= 0.3 is 6.09 Å². The highest BCUT2D eigenvalue weighted by atomic mass is 16.6. The van der Waals surface area contributed by atoms with E-state index in [2.05, 4.69) is 42.0 Å². The molecule has 3 heterocycles. The number of carbonyl (C=O) groups is 2. The van der Waals surface area contributed by atoms with Crippen LogP contribution in [0.5, 0.6) is 5.75 Å². The summed E-state index contributed by atoms with van der Waals surface area (Å²) in [5.74, 6) is 3.66. The number of aromatic nitrogens is 3. The van der Waals surface area contributed by atoms with Gasteiger partial charge in [-0.05, 0) is 111 Å². The molecule has 3 fully saturated rings. The fourth-order valence-electron chi connectivity index (χ4n) is 7.55. The number of nitrogens with zero attached hydrogens (tertiary/aromatic N) is 6. The first-order valence-corrected chi connectivity index (χ1v) is 17.6. The lowest BCUT2D eigenvalue weighted by Crippen LogP contribution is -2.50. The molecule has 0 atom stereocenters. The molecule has 0 bridgehead atoms. The molecule has 10 nitrogen and oxygen atoms in total. The number of ether oxygens (including phenoxy) is 2. The molecule has 0 radical (unpaired) electrons. The molecule has 2 amide bonds. The molecule has 0 N–H and O–H groups in total. The summed E-state index contributed by atoms with van der Waals surface area (Å²) in [6, 6.07) is 10.5. The van der Waals surface area contributed by atoms with Gasteiger partial charge in [0.25, 0.3) is 0 Å². The van der Waals surface area contributed by atoms with Crippen LogP contribution >= 0.6 is 0 Å². The number of carbonyl (C=O) groups excluding carboxylic acids is 2. The van der Waals surface area contributed by atoms with Gasteiger partial charge in [0.1, 0.15) is 17.7 Å². The number of hydrogen-bond acceptors (Lipinski definition) is 8. The lowest BCUT2D eigenvalue weighted by atomic mass is 9.78. The first-order chi connectivity index (χ1) is 23.2. The molecular weight excluding hydrogens is 604 g/mol. The second-order valence-electron chi connectivity index (χ2n) is 14.3. The maximum atomic E-state index is 14.4. The summed E-state index contributed by atoms with van der Waals surface area (Å²) in [5, 5.41) is 0. The van der Waals surface area contributed by atoms with E-state index in [0.717, 1.165) is 55.6 Å². The van der Waals surface area contributed by atoms with Crippen molar-refractivity contribution >= 4 is 23.8 Å². The first-order valence-electron chi connectivity index (χ1n) is 17.6. The second kappa shape index (κ2) is 14.9. The minimum absolute atomic E-state index is 0.119. The predicted molar refractivity (Wildman–Crippen MR) is 187 cm³/mol. The van der Waals surface area contributed by atoms with E-state index in [-0.39, 0.29) is 24.0 Å². The van der Waals surface area contributed by atoms with Gasteiger partial charge in [-0.1, -0.05) is 19.1 Å².